The van der Waals surface area contributed by atoms with Crippen LogP contribution in [0.15, 0.2) is 43.1 Å². The van der Waals surface area contributed by atoms with E-state index < -0.39 is 73.0 Å². The van der Waals surface area contributed by atoms with Crippen molar-refractivity contribution in [3.8, 4) is 35.4 Å². The number of piperazine rings is 1. The molecule has 0 aliphatic carbocycles. The van der Waals surface area contributed by atoms with Crippen molar-refractivity contribution < 1.29 is 51.0 Å². The van der Waals surface area contributed by atoms with E-state index in [0.717, 1.165) is 6.07 Å². The molecule has 64 heavy (non-hydrogen) atoms. The molecule has 2 aromatic heterocycles. The summed E-state index contributed by atoms with van der Waals surface area (Å²) < 4.78 is 85.3. The van der Waals surface area contributed by atoms with E-state index >= 15 is 8.78 Å². The summed E-state index contributed by atoms with van der Waals surface area (Å²) >= 11 is 0. The number of hydrogen-bond acceptors (Lipinski definition) is 13. The summed E-state index contributed by atoms with van der Waals surface area (Å²) in [4.78, 5) is 44.8. The Morgan fingerprint density at radius 2 is 1.84 bits per heavy atom. The summed E-state index contributed by atoms with van der Waals surface area (Å²) in [7, 11) is -2.63. The van der Waals surface area contributed by atoms with Crippen LogP contribution in [0.3, 0.4) is 0 Å². The largest absolute Gasteiger partial charge is 0.462 e. The number of carbonyl (C=O) groups excluding carboxylic acids is 2. The number of likely N-dealkylation sites (tertiary alicyclic amines) is 1. The molecule has 19 heteroatoms. The smallest absolute Gasteiger partial charge is 0.459 e. The highest BCUT2D eigenvalue weighted by atomic mass is 31.2. The number of nitrogens with one attached hydrogen (secondary N) is 1. The van der Waals surface area contributed by atoms with Crippen molar-refractivity contribution in [3.05, 3.63) is 60.3 Å². The molecular formula is C45H53F3N7O8P. The van der Waals surface area contributed by atoms with Crippen LogP contribution in [-0.4, -0.2) is 123 Å². The number of rotatable bonds is 14. The van der Waals surface area contributed by atoms with Crippen LogP contribution < -0.4 is 19.2 Å². The molecule has 5 heterocycles. The van der Waals surface area contributed by atoms with Crippen LogP contribution in [0.25, 0.3) is 32.9 Å². The molecule has 342 valence electrons. The lowest BCUT2D eigenvalue weighted by Crippen LogP contribution is -2.59. The SMILES string of the molecule is C#Cc1c(F)ccc2cc(OP(=O)(N[C@@H](C)C(=O)OC(C)C)OC(C)C)cc(-c3ncc4c(N5C[C@H]6CC(C)(O)[C@@H](C5)N6C(=O)C=C)nc(OC[C@]5(C)C[C@@H](F)CN5C)nc4c3F)c12. The van der Waals surface area contributed by atoms with Gasteiger partial charge in [-0.15, -0.1) is 6.42 Å². The lowest BCUT2D eigenvalue weighted by atomic mass is 9.95. The fourth-order valence-corrected chi connectivity index (χ4v) is 10.6. The van der Waals surface area contributed by atoms with Gasteiger partial charge in [-0.1, -0.05) is 18.6 Å². The summed E-state index contributed by atoms with van der Waals surface area (Å²) in [6, 6.07) is 2.69. The van der Waals surface area contributed by atoms with Crippen LogP contribution >= 0.6 is 7.75 Å². The number of aliphatic hydroxyl groups is 1. The Hall–Kier alpha value is -5.31. The number of fused-ring (bicyclic) bond motifs is 4. The molecule has 2 N–H and O–H groups in total. The second-order valence-corrected chi connectivity index (χ2v) is 19.4. The van der Waals surface area contributed by atoms with Crippen LogP contribution in [0, 0.1) is 24.0 Å². The molecule has 0 radical (unpaired) electrons. The summed E-state index contributed by atoms with van der Waals surface area (Å²) in [6.45, 7) is 15.5. The molecule has 7 atom stereocenters. The number of terminal acetylenes is 1. The molecule has 3 saturated heterocycles. The number of likely N-dealkylation sites (N-methyl/N-ethyl adjacent to an activating group) is 1. The van der Waals surface area contributed by atoms with Gasteiger partial charge in [-0.2, -0.15) is 15.1 Å². The van der Waals surface area contributed by atoms with Crippen LogP contribution in [0.4, 0.5) is 19.0 Å². The topological polar surface area (TPSA) is 169 Å². The van der Waals surface area contributed by atoms with Gasteiger partial charge in [0.05, 0.1) is 46.4 Å². The molecule has 2 bridgehead atoms. The van der Waals surface area contributed by atoms with Gasteiger partial charge in [0.1, 0.15) is 47.4 Å². The van der Waals surface area contributed by atoms with Gasteiger partial charge in [0.25, 0.3) is 0 Å². The van der Waals surface area contributed by atoms with Crippen molar-refractivity contribution in [1.29, 1.82) is 0 Å². The van der Waals surface area contributed by atoms with Crippen LogP contribution in [-0.2, 0) is 23.4 Å². The molecule has 0 spiro atoms. The fourth-order valence-electron chi connectivity index (χ4n) is 8.88. The normalized spacial score (nSPS) is 24.9. The van der Waals surface area contributed by atoms with Crippen molar-refractivity contribution in [2.75, 3.05) is 38.2 Å². The summed E-state index contributed by atoms with van der Waals surface area (Å²) in [6.07, 6.45) is 6.62. The maximum Gasteiger partial charge on any atom is 0.459 e. The summed E-state index contributed by atoms with van der Waals surface area (Å²) in [5.74, 6) is -0.409. The molecule has 15 nitrogen and oxygen atoms in total. The maximum atomic E-state index is 17.7. The predicted octanol–water partition coefficient (Wildman–Crippen LogP) is 6.48. The molecule has 1 amide bonds. The Morgan fingerprint density at radius 1 is 1.11 bits per heavy atom. The minimum Gasteiger partial charge on any atom is -0.462 e. The third-order valence-corrected chi connectivity index (χ3v) is 13.8. The molecule has 7 rings (SSSR count). The van der Waals surface area contributed by atoms with E-state index in [1.165, 1.54) is 37.4 Å². The van der Waals surface area contributed by atoms with E-state index in [4.69, 9.17) is 29.9 Å². The van der Waals surface area contributed by atoms with Crippen molar-refractivity contribution in [2.24, 2.45) is 0 Å². The third kappa shape index (κ3) is 9.01. The lowest BCUT2D eigenvalue weighted by Gasteiger charge is -2.42. The Bertz CT molecular complexity index is 2610. The second kappa shape index (κ2) is 17.6. The Labute approximate surface area is 369 Å². The molecule has 3 aliphatic rings. The van der Waals surface area contributed by atoms with E-state index in [2.05, 4.69) is 27.6 Å². The minimum absolute atomic E-state index is 0.0504. The first-order chi connectivity index (χ1) is 30.1. The molecule has 3 aliphatic heterocycles. The quantitative estimate of drug-likeness (QED) is 0.0610. The van der Waals surface area contributed by atoms with Gasteiger partial charge in [0, 0.05) is 49.6 Å². The van der Waals surface area contributed by atoms with Gasteiger partial charge in [0.2, 0.25) is 5.91 Å². The number of halogens is 3. The van der Waals surface area contributed by atoms with Crippen LogP contribution in [0.2, 0.25) is 0 Å². The number of amides is 1. The number of benzene rings is 2. The van der Waals surface area contributed by atoms with Gasteiger partial charge in [0.15, 0.2) is 5.82 Å². The van der Waals surface area contributed by atoms with E-state index in [1.807, 2.05) is 16.7 Å². The molecular weight excluding hydrogens is 855 g/mol. The molecule has 0 saturated carbocycles. The molecule has 3 fully saturated rings. The van der Waals surface area contributed by atoms with Crippen molar-refractivity contribution in [1.82, 2.24) is 29.8 Å². The Kier molecular flexibility index (Phi) is 12.8. The van der Waals surface area contributed by atoms with E-state index in [1.54, 1.807) is 46.6 Å². The number of alkyl halides is 1. The zero-order chi connectivity index (χ0) is 46.6. The summed E-state index contributed by atoms with van der Waals surface area (Å²) in [5, 5.41) is 14.6. The summed E-state index contributed by atoms with van der Waals surface area (Å²) in [5.41, 5.74) is -2.90. The number of esters is 1. The fraction of sp³-hybridized carbons (Fsp3) is 0.489. The first-order valence-electron chi connectivity index (χ1n) is 21.0. The Morgan fingerprint density at radius 3 is 2.47 bits per heavy atom. The monoisotopic (exact) mass is 907 g/mol. The van der Waals surface area contributed by atoms with Crippen molar-refractivity contribution in [3.63, 3.8) is 0 Å². The third-order valence-electron chi connectivity index (χ3n) is 11.9. The standard InChI is InChI=1S/C45H53F3N7O8P/c1-11-31-34(47)14-13-27-15-30(63-64(59,62-25(5)6)52-26(7)42(57)61-24(3)4)16-32(37(27)31)39-38(48)40-33(19-49-39)41(51-43(50-40)60-23-44(8)17-28(46)20-53(44)10)54-21-29-18-45(9,58)35(22-54)55(29)36(56)12-2/h1,12-16,19,24-26,28-29,35,58H,2,17-18,20-23H2,3-10H3,(H,52,59)/t26-,28+,29+,35+,44-,45?,64?/m0/s1. The first-order valence-corrected chi connectivity index (χ1v) is 22.6. The van der Waals surface area contributed by atoms with E-state index in [9.17, 15) is 23.7 Å². The zero-order valence-electron chi connectivity index (χ0n) is 37.0. The highest BCUT2D eigenvalue weighted by molar-refractivity contribution is 7.52. The highest BCUT2D eigenvalue weighted by Crippen LogP contribution is 2.49. The first kappa shape index (κ1) is 46.7. The average Bonchev–Trinajstić information content (AvgIpc) is 3.56. The zero-order valence-corrected chi connectivity index (χ0v) is 37.9. The minimum atomic E-state index is -4.40. The lowest BCUT2D eigenvalue weighted by molar-refractivity contribution is -0.149. The Balaban J connectivity index is 1.38. The van der Waals surface area contributed by atoms with Gasteiger partial charge >= 0.3 is 19.7 Å². The van der Waals surface area contributed by atoms with Gasteiger partial charge in [-0.25, -0.2) is 17.7 Å². The molecule has 4 aromatic rings. The number of ether oxygens (including phenoxy) is 2. The number of hydrogen-bond donors (Lipinski definition) is 2. The number of aromatic nitrogens is 3. The van der Waals surface area contributed by atoms with Crippen LogP contribution in [0.1, 0.15) is 66.9 Å². The van der Waals surface area contributed by atoms with Crippen molar-refractivity contribution >= 4 is 47.1 Å². The number of anilines is 1. The molecule has 2 unspecified atom stereocenters. The average molecular weight is 908 g/mol. The number of carbonyl (C=O) groups is 2. The maximum absolute atomic E-state index is 17.7. The van der Waals surface area contributed by atoms with Gasteiger partial charge in [-0.05, 0) is 85.2 Å². The number of pyridine rings is 1. The molecule has 2 aromatic carbocycles. The van der Waals surface area contributed by atoms with E-state index in [0.29, 0.717) is 0 Å². The van der Waals surface area contributed by atoms with Crippen LogP contribution in [0.5, 0.6) is 11.8 Å². The predicted molar refractivity (Wildman–Crippen MR) is 235 cm³/mol. The van der Waals surface area contributed by atoms with Gasteiger partial charge < -0.3 is 28.9 Å². The van der Waals surface area contributed by atoms with Gasteiger partial charge in [-0.3, -0.25) is 24.0 Å². The highest BCUT2D eigenvalue weighted by Gasteiger charge is 2.54. The number of nitrogens with zero attached hydrogens (tertiary/aromatic N) is 6. The van der Waals surface area contributed by atoms with E-state index in [-0.39, 0.29) is 101 Å². The second-order valence-electron chi connectivity index (χ2n) is 17.8. The van der Waals surface area contributed by atoms with Crippen molar-refractivity contribution in [2.45, 2.75) is 109 Å².